The number of para-hydroxylation sites is 2. The molecular weight excluding hydrogens is 326 g/mol. The van der Waals surface area contributed by atoms with E-state index in [0.29, 0.717) is 5.92 Å². The van der Waals surface area contributed by atoms with Crippen molar-refractivity contribution in [3.05, 3.63) is 108 Å². The summed E-state index contributed by atoms with van der Waals surface area (Å²) in [4.78, 5) is 0. The first-order chi connectivity index (χ1) is 13.4. The number of aromatic nitrogens is 1. The van der Waals surface area contributed by atoms with Crippen molar-refractivity contribution in [2.45, 2.75) is 12.5 Å². The fraction of sp³-hybridized carbons (Fsp3) is 0.0769. The number of hydrogen-bond acceptors (Lipinski definition) is 0. The predicted molar refractivity (Wildman–Crippen MR) is 113 cm³/mol. The fourth-order valence-corrected chi connectivity index (χ4v) is 4.84. The van der Waals surface area contributed by atoms with E-state index in [1.807, 2.05) is 0 Å². The van der Waals surface area contributed by atoms with E-state index >= 15 is 0 Å². The van der Waals surface area contributed by atoms with E-state index in [1.165, 1.54) is 44.1 Å². The molecule has 0 radical (unpaired) electrons. The Bertz CT molecular complexity index is 1210. The molecular formula is C26H19N. The molecule has 0 amide bonds. The monoisotopic (exact) mass is 345 g/mol. The second-order valence-corrected chi connectivity index (χ2v) is 7.37. The zero-order valence-corrected chi connectivity index (χ0v) is 15.0. The van der Waals surface area contributed by atoms with Gasteiger partial charge in [-0.05, 0) is 34.4 Å². The molecule has 0 unspecified atom stereocenters. The molecule has 1 aromatic heterocycles. The lowest BCUT2D eigenvalue weighted by atomic mass is 9.97. The van der Waals surface area contributed by atoms with Crippen molar-refractivity contribution in [3.8, 4) is 11.1 Å². The summed E-state index contributed by atoms with van der Waals surface area (Å²) >= 11 is 0. The van der Waals surface area contributed by atoms with Crippen molar-refractivity contribution in [1.29, 1.82) is 0 Å². The van der Waals surface area contributed by atoms with Crippen LogP contribution in [0, 0.1) is 0 Å². The SMILES string of the molecule is c1ccc2c(c1)-c1ccccc1C2Cn1c2ccccc2c2ccccc21. The number of fused-ring (bicyclic) bond motifs is 6. The van der Waals surface area contributed by atoms with Gasteiger partial charge in [-0.2, -0.15) is 0 Å². The minimum atomic E-state index is 0.386. The van der Waals surface area contributed by atoms with Crippen molar-refractivity contribution in [2.75, 3.05) is 0 Å². The van der Waals surface area contributed by atoms with Gasteiger partial charge in [-0.1, -0.05) is 84.9 Å². The molecule has 0 fully saturated rings. The molecule has 0 N–H and O–H groups in total. The van der Waals surface area contributed by atoms with Crippen LogP contribution >= 0.6 is 0 Å². The van der Waals surface area contributed by atoms with Crippen LogP contribution in [0.15, 0.2) is 97.1 Å². The largest absolute Gasteiger partial charge is 0.340 e. The average molecular weight is 345 g/mol. The summed E-state index contributed by atoms with van der Waals surface area (Å²) in [6.07, 6.45) is 0. The maximum Gasteiger partial charge on any atom is 0.0491 e. The highest BCUT2D eigenvalue weighted by Crippen LogP contribution is 2.46. The molecule has 1 aliphatic rings. The van der Waals surface area contributed by atoms with E-state index in [2.05, 4.69) is 102 Å². The van der Waals surface area contributed by atoms with Gasteiger partial charge in [0.05, 0.1) is 0 Å². The van der Waals surface area contributed by atoms with E-state index in [1.54, 1.807) is 0 Å². The van der Waals surface area contributed by atoms with Crippen LogP contribution in [0.5, 0.6) is 0 Å². The second-order valence-electron chi connectivity index (χ2n) is 7.37. The van der Waals surface area contributed by atoms with Gasteiger partial charge in [0, 0.05) is 34.3 Å². The number of benzene rings is 4. The minimum absolute atomic E-state index is 0.386. The van der Waals surface area contributed by atoms with Crippen LogP contribution in [0.25, 0.3) is 32.9 Å². The molecule has 1 aliphatic carbocycles. The summed E-state index contributed by atoms with van der Waals surface area (Å²) in [5.74, 6) is 0.386. The van der Waals surface area contributed by atoms with Crippen LogP contribution in [0.1, 0.15) is 17.0 Å². The Hall–Kier alpha value is -3.32. The van der Waals surface area contributed by atoms with Gasteiger partial charge in [0.15, 0.2) is 0 Å². The van der Waals surface area contributed by atoms with Crippen molar-refractivity contribution < 1.29 is 0 Å². The number of hydrogen-bond donors (Lipinski definition) is 0. The molecule has 1 heterocycles. The Balaban J connectivity index is 1.60. The first kappa shape index (κ1) is 14.8. The smallest absolute Gasteiger partial charge is 0.0491 e. The molecule has 5 aromatic rings. The maximum absolute atomic E-state index is 2.51. The first-order valence-electron chi connectivity index (χ1n) is 9.56. The minimum Gasteiger partial charge on any atom is -0.340 e. The third-order valence-electron chi connectivity index (χ3n) is 6.01. The van der Waals surface area contributed by atoms with Crippen molar-refractivity contribution in [2.24, 2.45) is 0 Å². The number of nitrogens with zero attached hydrogens (tertiary/aromatic N) is 1. The lowest BCUT2D eigenvalue weighted by Gasteiger charge is -2.17. The zero-order chi connectivity index (χ0) is 17.8. The molecule has 128 valence electrons. The molecule has 0 aliphatic heterocycles. The van der Waals surface area contributed by atoms with E-state index in [9.17, 15) is 0 Å². The van der Waals surface area contributed by atoms with E-state index in [-0.39, 0.29) is 0 Å². The maximum atomic E-state index is 2.51. The van der Waals surface area contributed by atoms with Crippen molar-refractivity contribution >= 4 is 21.8 Å². The molecule has 0 saturated carbocycles. The van der Waals surface area contributed by atoms with Crippen LogP contribution < -0.4 is 0 Å². The molecule has 0 spiro atoms. The van der Waals surface area contributed by atoms with Gasteiger partial charge in [-0.3, -0.25) is 0 Å². The first-order valence-corrected chi connectivity index (χ1v) is 9.56. The third-order valence-corrected chi connectivity index (χ3v) is 6.01. The van der Waals surface area contributed by atoms with Crippen LogP contribution in [0.3, 0.4) is 0 Å². The highest BCUT2D eigenvalue weighted by Gasteiger charge is 2.29. The molecule has 1 heteroatoms. The highest BCUT2D eigenvalue weighted by molar-refractivity contribution is 6.08. The van der Waals surface area contributed by atoms with Gasteiger partial charge in [0.25, 0.3) is 0 Å². The predicted octanol–water partition coefficient (Wildman–Crippen LogP) is 6.61. The summed E-state index contributed by atoms with van der Waals surface area (Å²) < 4.78 is 2.51. The molecule has 1 nitrogen and oxygen atoms in total. The molecule has 0 saturated heterocycles. The Morgan fingerprint density at radius 2 is 0.963 bits per heavy atom. The Kier molecular flexibility index (Phi) is 3.06. The van der Waals surface area contributed by atoms with Crippen LogP contribution in [-0.2, 0) is 6.54 Å². The van der Waals surface area contributed by atoms with Crippen LogP contribution in [-0.4, -0.2) is 4.57 Å². The molecule has 4 aromatic carbocycles. The average Bonchev–Trinajstić information content (AvgIpc) is 3.23. The van der Waals surface area contributed by atoms with Gasteiger partial charge < -0.3 is 4.57 Å². The van der Waals surface area contributed by atoms with E-state index < -0.39 is 0 Å². The molecule has 0 bridgehead atoms. The summed E-state index contributed by atoms with van der Waals surface area (Å²) in [5, 5.41) is 2.68. The van der Waals surface area contributed by atoms with E-state index in [4.69, 9.17) is 0 Å². The molecule has 27 heavy (non-hydrogen) atoms. The lowest BCUT2D eigenvalue weighted by molar-refractivity contribution is 0.669. The van der Waals surface area contributed by atoms with Gasteiger partial charge >= 0.3 is 0 Å². The van der Waals surface area contributed by atoms with Crippen LogP contribution in [0.4, 0.5) is 0 Å². The number of rotatable bonds is 2. The zero-order valence-electron chi connectivity index (χ0n) is 15.0. The quantitative estimate of drug-likeness (QED) is 0.339. The Morgan fingerprint density at radius 3 is 1.52 bits per heavy atom. The standard InChI is InChI=1S/C26H19N/c1-3-11-20-18(9-1)19-10-2-4-12-21(19)24(20)17-27-25-15-7-5-13-22(25)23-14-6-8-16-26(23)27/h1-16,24H,17H2. The topological polar surface area (TPSA) is 4.93 Å². The van der Waals surface area contributed by atoms with E-state index in [0.717, 1.165) is 6.54 Å². The highest BCUT2D eigenvalue weighted by atomic mass is 15.0. The normalized spacial score (nSPS) is 13.2. The summed E-state index contributed by atoms with van der Waals surface area (Å²) in [7, 11) is 0. The van der Waals surface area contributed by atoms with Gasteiger partial charge in [-0.25, -0.2) is 0 Å². The van der Waals surface area contributed by atoms with Crippen molar-refractivity contribution in [1.82, 2.24) is 4.57 Å². The third kappa shape index (κ3) is 2.06. The van der Waals surface area contributed by atoms with Gasteiger partial charge in [0.2, 0.25) is 0 Å². The second kappa shape index (κ2) is 5.59. The van der Waals surface area contributed by atoms with Crippen LogP contribution in [0.2, 0.25) is 0 Å². The summed E-state index contributed by atoms with van der Waals surface area (Å²) in [6, 6.07) is 35.3. The lowest BCUT2D eigenvalue weighted by Crippen LogP contribution is -2.08. The van der Waals surface area contributed by atoms with Gasteiger partial charge in [-0.15, -0.1) is 0 Å². The van der Waals surface area contributed by atoms with Crippen molar-refractivity contribution in [3.63, 3.8) is 0 Å². The fourth-order valence-electron chi connectivity index (χ4n) is 4.84. The summed E-state index contributed by atoms with van der Waals surface area (Å²) in [5.41, 5.74) is 8.31. The molecule has 0 atom stereocenters. The van der Waals surface area contributed by atoms with Gasteiger partial charge in [0.1, 0.15) is 0 Å². The molecule has 6 rings (SSSR count). The summed E-state index contributed by atoms with van der Waals surface area (Å²) in [6.45, 7) is 0.960. The Labute approximate surface area is 158 Å². The Morgan fingerprint density at radius 1 is 0.519 bits per heavy atom.